The molecule has 9 heteroatoms. The molecule has 27 heavy (non-hydrogen) atoms. The van der Waals surface area contributed by atoms with Crippen LogP contribution in [0, 0.1) is 0 Å². The number of fused-ring (bicyclic) bond motifs is 1. The fourth-order valence-electron chi connectivity index (χ4n) is 2.51. The number of alkyl halides is 3. The van der Waals surface area contributed by atoms with Crippen molar-refractivity contribution >= 4 is 28.6 Å². The van der Waals surface area contributed by atoms with E-state index in [1.54, 1.807) is 18.2 Å². The number of carbonyl (C=O) groups is 1. The van der Waals surface area contributed by atoms with Crippen molar-refractivity contribution in [1.82, 2.24) is 9.55 Å². The molecule has 0 aliphatic carbocycles. The topological polar surface area (TPSA) is 61.2 Å². The van der Waals surface area contributed by atoms with Gasteiger partial charge in [-0.3, -0.25) is 14.2 Å². The van der Waals surface area contributed by atoms with E-state index in [1.165, 1.54) is 31.4 Å². The summed E-state index contributed by atoms with van der Waals surface area (Å²) in [7, 11) is 1.20. The monoisotopic (exact) mass is 394 g/mol. The Morgan fingerprint density at radius 1 is 1.15 bits per heavy atom. The molecule has 0 aliphatic heterocycles. The van der Waals surface area contributed by atoms with Gasteiger partial charge in [-0.1, -0.05) is 36.0 Å². The molecular weight excluding hydrogens is 381 g/mol. The molecule has 0 N–H and O–H groups in total. The van der Waals surface area contributed by atoms with Crippen LogP contribution in [-0.4, -0.2) is 28.4 Å². The van der Waals surface area contributed by atoms with Crippen LogP contribution in [0.2, 0.25) is 0 Å². The van der Waals surface area contributed by atoms with Crippen LogP contribution < -0.4 is 5.56 Å². The van der Waals surface area contributed by atoms with Gasteiger partial charge in [-0.15, -0.1) is 0 Å². The van der Waals surface area contributed by atoms with Gasteiger partial charge < -0.3 is 4.74 Å². The molecule has 0 spiro atoms. The number of halogens is 3. The molecule has 2 aromatic carbocycles. The van der Waals surface area contributed by atoms with Crippen LogP contribution in [0.5, 0.6) is 0 Å². The summed E-state index contributed by atoms with van der Waals surface area (Å²) in [6.45, 7) is 0. The summed E-state index contributed by atoms with van der Waals surface area (Å²) in [5.41, 5.74) is -1.63. The van der Waals surface area contributed by atoms with Crippen molar-refractivity contribution < 1.29 is 22.7 Å². The Hall–Kier alpha value is -2.81. The van der Waals surface area contributed by atoms with Gasteiger partial charge in [0.05, 0.1) is 35.0 Å². The third-order valence-corrected chi connectivity index (χ3v) is 4.65. The summed E-state index contributed by atoms with van der Waals surface area (Å²) >= 11 is 0.833. The minimum absolute atomic E-state index is 0.0270. The average Bonchev–Trinajstić information content (AvgIpc) is 2.65. The number of nitrogens with zero attached hydrogens (tertiary/aromatic N) is 2. The van der Waals surface area contributed by atoms with Crippen LogP contribution in [0.1, 0.15) is 5.56 Å². The van der Waals surface area contributed by atoms with E-state index in [2.05, 4.69) is 9.72 Å². The standard InChI is InChI=1S/C18H13F3N2O3S/c1-26-15(24)10-27-17-22-13-8-4-2-6-11(13)16(25)23(17)14-9-5-3-7-12(14)18(19,20)21/h2-9H,10H2,1H3. The minimum atomic E-state index is -4.66. The van der Waals surface area contributed by atoms with Crippen molar-refractivity contribution in [3.05, 3.63) is 64.4 Å². The SMILES string of the molecule is COC(=O)CSc1nc2ccccc2c(=O)n1-c1ccccc1C(F)(F)F. The Labute approximate surface area is 155 Å². The average molecular weight is 394 g/mol. The van der Waals surface area contributed by atoms with Crippen molar-refractivity contribution in [3.8, 4) is 5.69 Å². The second-order valence-electron chi connectivity index (χ2n) is 5.43. The molecular formula is C18H13F3N2O3S. The largest absolute Gasteiger partial charge is 0.468 e. The molecule has 0 atom stereocenters. The summed E-state index contributed by atoms with van der Waals surface area (Å²) in [5, 5.41) is 0.151. The highest BCUT2D eigenvalue weighted by Gasteiger charge is 2.34. The van der Waals surface area contributed by atoms with Crippen molar-refractivity contribution in [1.29, 1.82) is 0 Å². The smallest absolute Gasteiger partial charge is 0.418 e. The zero-order valence-electron chi connectivity index (χ0n) is 14.0. The maximum atomic E-state index is 13.5. The molecule has 1 heterocycles. The van der Waals surface area contributed by atoms with E-state index in [1.807, 2.05) is 0 Å². The quantitative estimate of drug-likeness (QED) is 0.384. The van der Waals surface area contributed by atoms with E-state index in [4.69, 9.17) is 0 Å². The number of aromatic nitrogens is 2. The lowest BCUT2D eigenvalue weighted by atomic mass is 10.1. The normalized spacial score (nSPS) is 11.6. The molecule has 1 aromatic heterocycles. The number of para-hydroxylation sites is 2. The van der Waals surface area contributed by atoms with Crippen molar-refractivity contribution in [3.63, 3.8) is 0 Å². The highest BCUT2D eigenvalue weighted by molar-refractivity contribution is 7.99. The Morgan fingerprint density at radius 3 is 2.52 bits per heavy atom. The Bertz CT molecular complexity index is 1060. The van der Waals surface area contributed by atoms with Gasteiger partial charge in [-0.25, -0.2) is 4.98 Å². The summed E-state index contributed by atoms with van der Waals surface area (Å²) < 4.78 is 45.8. The molecule has 0 saturated heterocycles. The lowest BCUT2D eigenvalue weighted by Gasteiger charge is -2.17. The Balaban J connectivity index is 2.29. The lowest BCUT2D eigenvalue weighted by molar-refractivity contribution is -0.138. The predicted molar refractivity (Wildman–Crippen MR) is 95.1 cm³/mol. The third-order valence-electron chi connectivity index (χ3n) is 3.74. The van der Waals surface area contributed by atoms with Crippen LogP contribution in [0.15, 0.2) is 58.5 Å². The van der Waals surface area contributed by atoms with E-state index in [0.29, 0.717) is 5.52 Å². The third kappa shape index (κ3) is 3.82. The number of methoxy groups -OCH3 is 1. The first-order chi connectivity index (χ1) is 12.8. The maximum Gasteiger partial charge on any atom is 0.418 e. The first-order valence-electron chi connectivity index (χ1n) is 7.71. The number of thioether (sulfide) groups is 1. The van der Waals surface area contributed by atoms with Crippen molar-refractivity contribution in [2.24, 2.45) is 0 Å². The highest BCUT2D eigenvalue weighted by atomic mass is 32.2. The number of ether oxygens (including phenoxy) is 1. The molecule has 0 amide bonds. The fourth-order valence-corrected chi connectivity index (χ4v) is 3.35. The maximum absolute atomic E-state index is 13.5. The fraction of sp³-hybridized carbons (Fsp3) is 0.167. The Morgan fingerprint density at radius 2 is 1.81 bits per heavy atom. The van der Waals surface area contributed by atoms with Crippen LogP contribution in [0.25, 0.3) is 16.6 Å². The summed E-state index contributed by atoms with van der Waals surface area (Å²) in [5.74, 6) is -0.784. The van der Waals surface area contributed by atoms with Gasteiger partial charge in [-0.2, -0.15) is 13.2 Å². The summed E-state index contributed by atoms with van der Waals surface area (Å²) in [6.07, 6.45) is -4.66. The number of carbonyl (C=O) groups excluding carboxylic acids is 1. The zero-order valence-corrected chi connectivity index (χ0v) is 14.8. The van der Waals surface area contributed by atoms with Gasteiger partial charge in [0, 0.05) is 0 Å². The van der Waals surface area contributed by atoms with Gasteiger partial charge in [0.2, 0.25) is 0 Å². The van der Waals surface area contributed by atoms with E-state index in [0.717, 1.165) is 22.4 Å². The zero-order chi connectivity index (χ0) is 19.6. The number of benzene rings is 2. The first-order valence-corrected chi connectivity index (χ1v) is 8.69. The predicted octanol–water partition coefficient (Wildman–Crippen LogP) is 3.67. The van der Waals surface area contributed by atoms with E-state index >= 15 is 0 Å². The second kappa shape index (κ2) is 7.43. The molecule has 0 fully saturated rings. The first kappa shape index (κ1) is 19.0. The van der Waals surface area contributed by atoms with Gasteiger partial charge in [0.25, 0.3) is 5.56 Å². The van der Waals surface area contributed by atoms with Gasteiger partial charge in [-0.05, 0) is 24.3 Å². The second-order valence-corrected chi connectivity index (χ2v) is 6.37. The van der Waals surface area contributed by atoms with E-state index < -0.39 is 23.3 Å². The molecule has 140 valence electrons. The molecule has 0 radical (unpaired) electrons. The van der Waals surface area contributed by atoms with Crippen molar-refractivity contribution in [2.45, 2.75) is 11.3 Å². The summed E-state index contributed by atoms with van der Waals surface area (Å²) in [4.78, 5) is 28.7. The van der Waals surface area contributed by atoms with Gasteiger partial charge in [0.1, 0.15) is 0 Å². The Kier molecular flexibility index (Phi) is 5.22. The molecule has 3 aromatic rings. The molecule has 0 bridgehead atoms. The number of hydrogen-bond donors (Lipinski definition) is 0. The van der Waals surface area contributed by atoms with Crippen LogP contribution in [-0.2, 0) is 15.7 Å². The molecule has 0 unspecified atom stereocenters. The van der Waals surface area contributed by atoms with Crippen LogP contribution in [0.4, 0.5) is 13.2 Å². The molecule has 0 aliphatic rings. The van der Waals surface area contributed by atoms with E-state index in [-0.39, 0.29) is 22.0 Å². The molecule has 3 rings (SSSR count). The van der Waals surface area contributed by atoms with Gasteiger partial charge in [0.15, 0.2) is 5.16 Å². The lowest BCUT2D eigenvalue weighted by Crippen LogP contribution is -2.25. The molecule has 5 nitrogen and oxygen atoms in total. The van der Waals surface area contributed by atoms with Crippen LogP contribution >= 0.6 is 11.8 Å². The van der Waals surface area contributed by atoms with Gasteiger partial charge >= 0.3 is 12.1 Å². The van der Waals surface area contributed by atoms with Crippen molar-refractivity contribution in [2.75, 3.05) is 12.9 Å². The number of esters is 1. The van der Waals surface area contributed by atoms with Crippen LogP contribution in [0.3, 0.4) is 0 Å². The minimum Gasteiger partial charge on any atom is -0.468 e. The number of rotatable bonds is 4. The van der Waals surface area contributed by atoms with E-state index in [9.17, 15) is 22.8 Å². The molecule has 0 saturated carbocycles. The number of hydrogen-bond acceptors (Lipinski definition) is 5. The summed E-state index contributed by atoms with van der Waals surface area (Å²) in [6, 6.07) is 11.1. The highest BCUT2D eigenvalue weighted by Crippen LogP contribution is 2.34.